The average Bonchev–Trinajstić information content (AvgIpc) is 3.73. The molecule has 1 spiro atoms. The zero-order valence-electron chi connectivity index (χ0n) is 38.7. The summed E-state index contributed by atoms with van der Waals surface area (Å²) in [5.74, 6) is 0. The third kappa shape index (κ3) is 6.08. The second-order valence-electron chi connectivity index (χ2n) is 18.7. The van der Waals surface area contributed by atoms with Crippen LogP contribution >= 0.6 is 0 Å². The molecule has 0 radical (unpaired) electrons. The normalized spacial score (nSPS) is 13.2. The predicted molar refractivity (Wildman–Crippen MR) is 299 cm³/mol. The quantitative estimate of drug-likeness (QED) is 0.103. The van der Waals surface area contributed by atoms with Gasteiger partial charge in [0.25, 0.3) is 0 Å². The van der Waals surface area contributed by atoms with Crippen LogP contribution in [0.2, 0.25) is 0 Å². The highest BCUT2D eigenvalue weighted by Gasteiger charge is 2.54. The highest BCUT2D eigenvalue weighted by Crippen LogP contribution is 2.63. The molecule has 2 aliphatic rings. The molecule has 0 N–H and O–H groups in total. The van der Waals surface area contributed by atoms with Crippen molar-refractivity contribution in [2.24, 2.45) is 0 Å². The van der Waals surface area contributed by atoms with Crippen LogP contribution in [-0.2, 0) is 5.41 Å². The standard InChI is InChI=1S/C67H49NSi2/c1-8-26-50(27-9-1)68-65-42-24-22-40-61(65)67(62-41-23-25-43-66(62)68)63-48-57(69(51-28-10-2-11-29-51,52-30-12-3-13-31-52)53-32-14-4-15-33-53)44-46-59(63)60-47-45-58(49-64(60)67)70(54-34-16-5-17-35-54,55-36-18-6-19-37-55)56-38-20-7-21-39-56/h1-49H. The van der Waals surface area contributed by atoms with Crippen LogP contribution in [0.3, 0.4) is 0 Å². The number of anilines is 3. The predicted octanol–water partition coefficient (Wildman–Crippen LogP) is 10.6. The van der Waals surface area contributed by atoms with Crippen molar-refractivity contribution in [1.29, 1.82) is 0 Å². The largest absolute Gasteiger partial charge is 0.310 e. The lowest BCUT2D eigenvalue weighted by atomic mass is 9.64. The van der Waals surface area contributed by atoms with Crippen molar-refractivity contribution in [3.8, 4) is 11.1 Å². The summed E-state index contributed by atoms with van der Waals surface area (Å²) in [6.45, 7) is 0. The molecule has 11 aromatic carbocycles. The van der Waals surface area contributed by atoms with E-state index in [1.165, 1.54) is 86.2 Å². The zero-order valence-corrected chi connectivity index (χ0v) is 40.7. The minimum atomic E-state index is -2.95. The molecule has 11 aromatic rings. The van der Waals surface area contributed by atoms with Crippen LogP contribution in [0, 0.1) is 0 Å². The fourth-order valence-corrected chi connectivity index (χ4v) is 22.1. The molecule has 330 valence electrons. The highest BCUT2D eigenvalue weighted by atomic mass is 28.3. The summed E-state index contributed by atoms with van der Waals surface area (Å²) in [5, 5.41) is 10.9. The Kier molecular flexibility index (Phi) is 10.2. The Hall–Kier alpha value is -8.35. The minimum absolute atomic E-state index is 0.691. The SMILES string of the molecule is c1ccc(N2c3ccccc3C3(c4cc([Si](c5ccccc5)(c5ccccc5)c5ccccc5)ccc4-c4ccc([Si](c5ccccc5)(c5ccccc5)c5ccccc5)cc43)c3ccccc32)cc1. The molecular formula is C67H49NSi2. The maximum absolute atomic E-state index is 2.95. The third-order valence-electron chi connectivity index (χ3n) is 15.4. The molecule has 0 fully saturated rings. The zero-order chi connectivity index (χ0) is 46.5. The van der Waals surface area contributed by atoms with Crippen LogP contribution in [0.1, 0.15) is 22.3 Å². The molecule has 0 saturated heterocycles. The number of hydrogen-bond donors (Lipinski definition) is 0. The van der Waals surface area contributed by atoms with E-state index in [0.717, 1.165) is 5.69 Å². The molecule has 0 amide bonds. The van der Waals surface area contributed by atoms with Gasteiger partial charge in [-0.15, -0.1) is 0 Å². The minimum Gasteiger partial charge on any atom is -0.310 e. The van der Waals surface area contributed by atoms with Gasteiger partial charge in [-0.3, -0.25) is 0 Å². The van der Waals surface area contributed by atoms with Gasteiger partial charge in [-0.05, 0) is 99.1 Å². The number of fused-ring (bicyclic) bond motifs is 9. The average molecular weight is 924 g/mol. The van der Waals surface area contributed by atoms with E-state index in [4.69, 9.17) is 0 Å². The molecule has 0 bridgehead atoms. The first-order valence-corrected chi connectivity index (χ1v) is 28.4. The van der Waals surface area contributed by atoms with Gasteiger partial charge < -0.3 is 4.90 Å². The summed E-state index contributed by atoms with van der Waals surface area (Å²) in [6.07, 6.45) is 0. The molecule has 0 aromatic heterocycles. The van der Waals surface area contributed by atoms with Crippen molar-refractivity contribution >= 4 is 74.7 Å². The van der Waals surface area contributed by atoms with Gasteiger partial charge in [0.1, 0.15) is 0 Å². The fourth-order valence-electron chi connectivity index (χ4n) is 12.6. The van der Waals surface area contributed by atoms with E-state index >= 15 is 0 Å². The van der Waals surface area contributed by atoms with E-state index in [2.05, 4.69) is 302 Å². The molecular weight excluding hydrogens is 875 g/mol. The van der Waals surface area contributed by atoms with Crippen LogP contribution in [0.15, 0.2) is 297 Å². The highest BCUT2D eigenvalue weighted by molar-refractivity contribution is 7.20. The molecule has 1 aliphatic carbocycles. The summed E-state index contributed by atoms with van der Waals surface area (Å²) in [5.41, 5.74) is 10.6. The summed E-state index contributed by atoms with van der Waals surface area (Å²) in [7, 11) is -5.90. The summed E-state index contributed by atoms with van der Waals surface area (Å²) in [4.78, 5) is 2.50. The molecule has 0 unspecified atom stereocenters. The summed E-state index contributed by atoms with van der Waals surface area (Å²) < 4.78 is 0. The van der Waals surface area contributed by atoms with E-state index < -0.39 is 21.6 Å². The lowest BCUT2D eigenvalue weighted by Gasteiger charge is -2.45. The molecule has 0 saturated carbocycles. The van der Waals surface area contributed by atoms with Crippen molar-refractivity contribution in [3.63, 3.8) is 0 Å². The van der Waals surface area contributed by atoms with E-state index in [1.807, 2.05) is 0 Å². The Balaban J connectivity index is 1.18. The van der Waals surface area contributed by atoms with Crippen LogP contribution in [-0.4, -0.2) is 16.1 Å². The van der Waals surface area contributed by atoms with Crippen molar-refractivity contribution in [1.82, 2.24) is 0 Å². The number of nitrogens with zero attached hydrogens (tertiary/aromatic N) is 1. The number of benzene rings is 11. The Bertz CT molecular complexity index is 3220. The molecule has 1 heterocycles. The Morgan fingerprint density at radius 1 is 0.229 bits per heavy atom. The van der Waals surface area contributed by atoms with E-state index in [9.17, 15) is 0 Å². The maximum Gasteiger partial charge on any atom is 0.179 e. The summed E-state index contributed by atoms with van der Waals surface area (Å²) >= 11 is 0. The Morgan fingerprint density at radius 3 is 0.814 bits per heavy atom. The number of hydrogen-bond acceptors (Lipinski definition) is 1. The van der Waals surface area contributed by atoms with Gasteiger partial charge in [0.2, 0.25) is 0 Å². The first-order chi connectivity index (χ1) is 34.7. The first-order valence-electron chi connectivity index (χ1n) is 24.4. The van der Waals surface area contributed by atoms with Crippen molar-refractivity contribution in [2.45, 2.75) is 5.41 Å². The maximum atomic E-state index is 2.66. The molecule has 3 heteroatoms. The van der Waals surface area contributed by atoms with Gasteiger partial charge in [0.15, 0.2) is 16.1 Å². The smallest absolute Gasteiger partial charge is 0.179 e. The van der Waals surface area contributed by atoms with Gasteiger partial charge >= 0.3 is 0 Å². The van der Waals surface area contributed by atoms with E-state index in [0.29, 0.717) is 0 Å². The monoisotopic (exact) mass is 923 g/mol. The fraction of sp³-hybridized carbons (Fsp3) is 0.0149. The lowest BCUT2D eigenvalue weighted by Crippen LogP contribution is -2.74. The van der Waals surface area contributed by atoms with Crippen LogP contribution in [0.5, 0.6) is 0 Å². The Morgan fingerprint density at radius 2 is 0.500 bits per heavy atom. The lowest BCUT2D eigenvalue weighted by molar-refractivity contribution is 0.754. The van der Waals surface area contributed by atoms with Crippen molar-refractivity contribution in [3.05, 3.63) is 320 Å². The third-order valence-corrected chi connectivity index (χ3v) is 24.9. The van der Waals surface area contributed by atoms with Crippen molar-refractivity contribution in [2.75, 3.05) is 4.90 Å². The topological polar surface area (TPSA) is 3.24 Å². The number of para-hydroxylation sites is 3. The molecule has 0 atom stereocenters. The van der Waals surface area contributed by atoms with Crippen LogP contribution < -0.4 is 46.4 Å². The Labute approximate surface area is 413 Å². The molecule has 1 nitrogen and oxygen atoms in total. The van der Waals surface area contributed by atoms with E-state index in [-0.39, 0.29) is 0 Å². The van der Waals surface area contributed by atoms with Gasteiger partial charge in [0, 0.05) is 5.69 Å². The first kappa shape index (κ1) is 41.8. The van der Waals surface area contributed by atoms with Crippen LogP contribution in [0.4, 0.5) is 17.1 Å². The summed E-state index contributed by atoms with van der Waals surface area (Å²) in [6, 6.07) is 113. The second kappa shape index (κ2) is 17.0. The van der Waals surface area contributed by atoms with E-state index in [1.54, 1.807) is 0 Å². The van der Waals surface area contributed by atoms with Gasteiger partial charge in [0.05, 0.1) is 16.8 Å². The second-order valence-corrected chi connectivity index (χ2v) is 26.3. The molecule has 70 heavy (non-hydrogen) atoms. The molecule has 13 rings (SSSR count). The van der Waals surface area contributed by atoms with Crippen molar-refractivity contribution < 1.29 is 0 Å². The molecule has 1 aliphatic heterocycles. The van der Waals surface area contributed by atoms with Gasteiger partial charge in [-0.25, -0.2) is 0 Å². The van der Waals surface area contributed by atoms with Gasteiger partial charge in [-0.2, -0.15) is 0 Å². The number of rotatable bonds is 9. The van der Waals surface area contributed by atoms with Crippen LogP contribution in [0.25, 0.3) is 11.1 Å². The van der Waals surface area contributed by atoms with Gasteiger partial charge in [-0.1, -0.05) is 273 Å².